The van der Waals surface area contributed by atoms with Gasteiger partial charge in [0.1, 0.15) is 18.7 Å². The summed E-state index contributed by atoms with van der Waals surface area (Å²) in [6.07, 6.45) is -2.30. The molecule has 1 saturated heterocycles. The SMILES string of the molecule is Cc1ccccc1CNC(=O)[C@H]1N(C(=O)[C@@H](O)[C@H](Cc2ccccc2)NC(=O)[C@@H](NC(=O)OCc2ccccc2)C(C)C)CSC1(C)C. The molecule has 11 heteroatoms. The number of rotatable bonds is 13. The first kappa shape index (κ1) is 36.5. The molecule has 1 aliphatic rings. The van der Waals surface area contributed by atoms with E-state index >= 15 is 0 Å². The fraction of sp³-hybridized carbons (Fsp3) is 0.405. The zero-order valence-electron chi connectivity index (χ0n) is 28.1. The van der Waals surface area contributed by atoms with Crippen LogP contribution < -0.4 is 16.0 Å². The smallest absolute Gasteiger partial charge is 0.408 e. The molecule has 0 aromatic heterocycles. The lowest BCUT2D eigenvalue weighted by atomic mass is 9.96. The zero-order valence-corrected chi connectivity index (χ0v) is 29.0. The van der Waals surface area contributed by atoms with Crippen molar-refractivity contribution in [2.45, 2.75) is 83.2 Å². The van der Waals surface area contributed by atoms with Crippen LogP contribution in [0.4, 0.5) is 4.79 Å². The van der Waals surface area contributed by atoms with Crippen molar-refractivity contribution < 1.29 is 29.0 Å². The molecule has 0 bridgehead atoms. The maximum atomic E-state index is 14.0. The number of hydrogen-bond acceptors (Lipinski definition) is 7. The summed E-state index contributed by atoms with van der Waals surface area (Å²) in [6, 6.07) is 23.2. The van der Waals surface area contributed by atoms with E-state index in [9.17, 15) is 24.3 Å². The van der Waals surface area contributed by atoms with Crippen LogP contribution in [0.1, 0.15) is 49.9 Å². The van der Waals surface area contributed by atoms with Gasteiger partial charge in [-0.05, 0) is 55.4 Å². The first-order valence-corrected chi connectivity index (χ1v) is 17.1. The summed E-state index contributed by atoms with van der Waals surface area (Å²) in [5.41, 5.74) is 3.59. The van der Waals surface area contributed by atoms with Gasteiger partial charge in [-0.15, -0.1) is 11.8 Å². The number of aliphatic hydroxyl groups is 1. The minimum atomic E-state index is -1.67. The number of thioether (sulfide) groups is 1. The molecular weight excluding hydrogens is 628 g/mol. The number of nitrogens with one attached hydrogen (secondary N) is 3. The molecule has 0 aliphatic carbocycles. The highest BCUT2D eigenvalue weighted by atomic mass is 32.2. The van der Waals surface area contributed by atoms with Crippen LogP contribution in [-0.4, -0.2) is 68.7 Å². The van der Waals surface area contributed by atoms with Crippen molar-refractivity contribution in [3.05, 3.63) is 107 Å². The van der Waals surface area contributed by atoms with Crippen LogP contribution in [0.5, 0.6) is 0 Å². The third kappa shape index (κ3) is 9.60. The molecule has 10 nitrogen and oxygen atoms in total. The van der Waals surface area contributed by atoms with Crippen LogP contribution >= 0.6 is 11.8 Å². The lowest BCUT2D eigenvalue weighted by Crippen LogP contribution is -2.60. The van der Waals surface area contributed by atoms with Gasteiger partial charge < -0.3 is 30.7 Å². The van der Waals surface area contributed by atoms with Crippen molar-refractivity contribution in [1.82, 2.24) is 20.9 Å². The molecule has 0 radical (unpaired) electrons. The number of aliphatic hydroxyl groups excluding tert-OH is 1. The van der Waals surface area contributed by atoms with Crippen LogP contribution in [0.25, 0.3) is 0 Å². The first-order chi connectivity index (χ1) is 22.9. The number of aryl methyl sites for hydroxylation is 1. The van der Waals surface area contributed by atoms with Gasteiger partial charge >= 0.3 is 6.09 Å². The van der Waals surface area contributed by atoms with Gasteiger partial charge in [0.05, 0.1) is 11.9 Å². The Morgan fingerprint density at radius 3 is 2.15 bits per heavy atom. The average molecular weight is 675 g/mol. The Hall–Kier alpha value is -4.35. The van der Waals surface area contributed by atoms with E-state index in [2.05, 4.69) is 16.0 Å². The molecule has 48 heavy (non-hydrogen) atoms. The molecule has 1 fully saturated rings. The summed E-state index contributed by atoms with van der Waals surface area (Å²) in [5.74, 6) is -1.70. The number of ether oxygens (including phenoxy) is 1. The minimum absolute atomic E-state index is 0.0346. The van der Waals surface area contributed by atoms with Crippen LogP contribution in [0.3, 0.4) is 0 Å². The van der Waals surface area contributed by atoms with Gasteiger partial charge in [0, 0.05) is 11.3 Å². The number of alkyl carbamates (subject to hydrolysis) is 1. The molecule has 3 aromatic carbocycles. The molecule has 3 aromatic rings. The Balaban J connectivity index is 1.49. The van der Waals surface area contributed by atoms with E-state index in [0.29, 0.717) is 6.54 Å². The second-order valence-corrected chi connectivity index (χ2v) is 14.5. The Morgan fingerprint density at radius 1 is 0.917 bits per heavy atom. The Kier molecular flexibility index (Phi) is 12.7. The van der Waals surface area contributed by atoms with Crippen LogP contribution in [0.2, 0.25) is 0 Å². The third-order valence-corrected chi connectivity index (χ3v) is 9.86. The van der Waals surface area contributed by atoms with Crippen molar-refractivity contribution in [2.24, 2.45) is 5.92 Å². The van der Waals surface area contributed by atoms with Crippen molar-refractivity contribution >= 4 is 35.6 Å². The molecule has 0 spiro atoms. The molecule has 256 valence electrons. The molecule has 4 rings (SSSR count). The van der Waals surface area contributed by atoms with E-state index in [0.717, 1.165) is 22.3 Å². The minimum Gasteiger partial charge on any atom is -0.445 e. The summed E-state index contributed by atoms with van der Waals surface area (Å²) < 4.78 is 4.71. The van der Waals surface area contributed by atoms with E-state index < -0.39 is 46.9 Å². The predicted molar refractivity (Wildman–Crippen MR) is 187 cm³/mol. The summed E-state index contributed by atoms with van der Waals surface area (Å²) in [6.45, 7) is 9.66. The number of carbonyl (C=O) groups is 4. The summed E-state index contributed by atoms with van der Waals surface area (Å²) >= 11 is 1.45. The third-order valence-electron chi connectivity index (χ3n) is 8.49. The first-order valence-electron chi connectivity index (χ1n) is 16.1. The van der Waals surface area contributed by atoms with E-state index in [1.807, 2.05) is 106 Å². The van der Waals surface area contributed by atoms with E-state index in [-0.39, 0.29) is 30.7 Å². The number of hydrogen-bond donors (Lipinski definition) is 4. The zero-order chi connectivity index (χ0) is 34.8. The van der Waals surface area contributed by atoms with Gasteiger partial charge in [-0.25, -0.2) is 4.79 Å². The second kappa shape index (κ2) is 16.7. The Labute approximate surface area is 287 Å². The van der Waals surface area contributed by atoms with Gasteiger partial charge in [-0.2, -0.15) is 0 Å². The van der Waals surface area contributed by atoms with Gasteiger partial charge in [-0.3, -0.25) is 14.4 Å². The number of nitrogens with zero attached hydrogens (tertiary/aromatic N) is 1. The fourth-order valence-electron chi connectivity index (χ4n) is 5.65. The van der Waals surface area contributed by atoms with Gasteiger partial charge in [0.2, 0.25) is 11.8 Å². The number of amides is 4. The molecule has 0 saturated carbocycles. The van der Waals surface area contributed by atoms with Crippen LogP contribution in [-0.2, 0) is 38.7 Å². The fourth-order valence-corrected chi connectivity index (χ4v) is 6.79. The lowest BCUT2D eigenvalue weighted by Gasteiger charge is -2.34. The lowest BCUT2D eigenvalue weighted by molar-refractivity contribution is -0.148. The summed E-state index contributed by atoms with van der Waals surface area (Å²) in [7, 11) is 0. The molecule has 4 amide bonds. The Morgan fingerprint density at radius 2 is 1.52 bits per heavy atom. The molecule has 1 heterocycles. The Bertz CT molecular complexity index is 1550. The highest BCUT2D eigenvalue weighted by Gasteiger charge is 2.50. The van der Waals surface area contributed by atoms with Crippen LogP contribution in [0, 0.1) is 12.8 Å². The van der Waals surface area contributed by atoms with Crippen molar-refractivity contribution in [3.8, 4) is 0 Å². The van der Waals surface area contributed by atoms with E-state index in [4.69, 9.17) is 4.74 Å². The van der Waals surface area contributed by atoms with Crippen molar-refractivity contribution in [3.63, 3.8) is 0 Å². The molecule has 1 aliphatic heterocycles. The molecule has 4 atom stereocenters. The second-order valence-electron chi connectivity index (χ2n) is 12.9. The largest absolute Gasteiger partial charge is 0.445 e. The van der Waals surface area contributed by atoms with E-state index in [1.165, 1.54) is 16.7 Å². The van der Waals surface area contributed by atoms with E-state index in [1.54, 1.807) is 13.8 Å². The highest BCUT2D eigenvalue weighted by molar-refractivity contribution is 8.00. The maximum Gasteiger partial charge on any atom is 0.408 e. The van der Waals surface area contributed by atoms with Crippen molar-refractivity contribution in [2.75, 3.05) is 5.88 Å². The summed E-state index contributed by atoms with van der Waals surface area (Å²) in [4.78, 5) is 55.4. The summed E-state index contributed by atoms with van der Waals surface area (Å²) in [5, 5.41) is 20.1. The quantitative estimate of drug-likeness (QED) is 0.212. The number of carbonyl (C=O) groups excluding carboxylic acids is 4. The topological polar surface area (TPSA) is 137 Å². The predicted octanol–water partition coefficient (Wildman–Crippen LogP) is 4.33. The number of benzene rings is 3. The highest BCUT2D eigenvalue weighted by Crippen LogP contribution is 2.40. The standard InChI is InChI=1S/C37H46N4O6S/c1-24(2)30(40-36(46)47-22-27-17-10-7-11-18-27)33(43)39-29(20-26-15-8-6-9-16-26)31(42)35(45)41-23-48-37(4,5)32(41)34(44)38-21-28-19-13-12-14-25(28)3/h6-19,24,29-32,42H,20-23H2,1-5H3,(H,38,44)(H,39,43)(H,40,46)/t29-,30-,31-,32+/m0/s1. The van der Waals surface area contributed by atoms with Gasteiger partial charge in [0.15, 0.2) is 6.10 Å². The van der Waals surface area contributed by atoms with Crippen molar-refractivity contribution in [1.29, 1.82) is 0 Å². The van der Waals surface area contributed by atoms with Gasteiger partial charge in [0.25, 0.3) is 5.91 Å². The molecule has 4 N–H and O–H groups in total. The monoisotopic (exact) mass is 674 g/mol. The van der Waals surface area contributed by atoms with Gasteiger partial charge in [-0.1, -0.05) is 98.8 Å². The maximum absolute atomic E-state index is 14.0. The average Bonchev–Trinajstić information content (AvgIpc) is 3.40. The van der Waals surface area contributed by atoms with Crippen LogP contribution in [0.15, 0.2) is 84.9 Å². The normalized spacial score (nSPS) is 17.2. The molecule has 0 unspecified atom stereocenters. The molecular formula is C37H46N4O6S.